The summed E-state index contributed by atoms with van der Waals surface area (Å²) in [6.07, 6.45) is 5.27. The van der Waals surface area contributed by atoms with Crippen molar-refractivity contribution in [1.29, 1.82) is 0 Å². The van der Waals surface area contributed by atoms with Crippen LogP contribution in [-0.4, -0.2) is 35.5 Å². The highest BCUT2D eigenvalue weighted by Crippen LogP contribution is 2.30. The number of nitrogens with zero attached hydrogens (tertiary/aromatic N) is 6. The van der Waals surface area contributed by atoms with E-state index in [1.807, 2.05) is 45.2 Å². The summed E-state index contributed by atoms with van der Waals surface area (Å²) in [6.45, 7) is 4.46. The molecule has 0 bridgehead atoms. The fourth-order valence-electron chi connectivity index (χ4n) is 3.89. The number of aryl methyl sites for hydroxylation is 2. The van der Waals surface area contributed by atoms with Crippen molar-refractivity contribution in [2.24, 2.45) is 14.1 Å². The Labute approximate surface area is 178 Å². The van der Waals surface area contributed by atoms with Crippen molar-refractivity contribution in [1.82, 2.24) is 28.9 Å². The molecule has 31 heavy (non-hydrogen) atoms. The van der Waals surface area contributed by atoms with E-state index in [1.54, 1.807) is 39.5 Å². The topological polar surface area (TPSA) is 79.8 Å². The average molecular weight is 414 g/mol. The third-order valence-corrected chi connectivity index (χ3v) is 5.70. The SMILES string of the molecule is CCOc1ccc(-c2ccc3ncc4c(c3c2)n(-c2cnn(C)c2C)c(=O)n4C)cn1. The van der Waals surface area contributed by atoms with Gasteiger partial charge in [-0.05, 0) is 37.6 Å². The maximum absolute atomic E-state index is 13.2. The highest BCUT2D eigenvalue weighted by Gasteiger charge is 2.19. The molecule has 5 rings (SSSR count). The van der Waals surface area contributed by atoms with E-state index in [4.69, 9.17) is 4.74 Å². The number of rotatable bonds is 4. The molecule has 1 aromatic carbocycles. The Hall–Kier alpha value is -3.94. The predicted octanol–water partition coefficient (Wildman–Crippen LogP) is 3.38. The van der Waals surface area contributed by atoms with Gasteiger partial charge in [0, 0.05) is 37.3 Å². The lowest BCUT2D eigenvalue weighted by atomic mass is 10.0. The zero-order chi connectivity index (χ0) is 21.7. The first kappa shape index (κ1) is 19.0. The standard InChI is InChI=1S/C23H22N6O2/c1-5-31-21-9-7-16(11-25-21)15-6-8-18-17(10-15)22-20(12-24-18)27(3)23(30)29(22)19-13-26-28(4)14(19)2/h6-13H,5H2,1-4H3. The fraction of sp³-hybridized carbons (Fsp3) is 0.217. The number of fused-ring (bicyclic) bond motifs is 3. The number of ether oxygens (including phenoxy) is 1. The van der Waals surface area contributed by atoms with E-state index in [9.17, 15) is 4.79 Å². The third kappa shape index (κ3) is 2.91. The number of benzene rings is 1. The lowest BCUT2D eigenvalue weighted by Gasteiger charge is -2.08. The molecular weight excluding hydrogens is 392 g/mol. The van der Waals surface area contributed by atoms with Crippen LogP contribution in [0.4, 0.5) is 0 Å². The van der Waals surface area contributed by atoms with Gasteiger partial charge in [0.05, 0.1) is 46.9 Å². The number of hydrogen-bond acceptors (Lipinski definition) is 5. The molecule has 0 radical (unpaired) electrons. The van der Waals surface area contributed by atoms with Crippen LogP contribution in [0.3, 0.4) is 0 Å². The molecule has 0 fully saturated rings. The molecule has 0 aliphatic heterocycles. The quantitative estimate of drug-likeness (QED) is 0.450. The first-order valence-electron chi connectivity index (χ1n) is 10.1. The van der Waals surface area contributed by atoms with Crippen molar-refractivity contribution in [3.8, 4) is 22.7 Å². The van der Waals surface area contributed by atoms with Gasteiger partial charge in [0.15, 0.2) is 0 Å². The summed E-state index contributed by atoms with van der Waals surface area (Å²) in [7, 11) is 3.63. The highest BCUT2D eigenvalue weighted by molar-refractivity contribution is 6.04. The van der Waals surface area contributed by atoms with Gasteiger partial charge < -0.3 is 4.74 Å². The van der Waals surface area contributed by atoms with E-state index in [1.165, 1.54) is 0 Å². The van der Waals surface area contributed by atoms with Crippen molar-refractivity contribution in [2.45, 2.75) is 13.8 Å². The van der Waals surface area contributed by atoms with Crippen LogP contribution < -0.4 is 10.4 Å². The Morgan fingerprint density at radius 1 is 1.00 bits per heavy atom. The maximum atomic E-state index is 13.2. The Bertz CT molecular complexity index is 1490. The van der Waals surface area contributed by atoms with Crippen LogP contribution in [0.2, 0.25) is 0 Å². The molecular formula is C23H22N6O2. The monoisotopic (exact) mass is 414 g/mol. The molecule has 4 heterocycles. The predicted molar refractivity (Wildman–Crippen MR) is 120 cm³/mol. The fourth-order valence-corrected chi connectivity index (χ4v) is 3.89. The zero-order valence-electron chi connectivity index (χ0n) is 17.8. The molecule has 5 aromatic rings. The Morgan fingerprint density at radius 3 is 2.48 bits per heavy atom. The van der Waals surface area contributed by atoms with E-state index in [0.717, 1.165) is 44.4 Å². The van der Waals surface area contributed by atoms with E-state index in [0.29, 0.717) is 12.5 Å². The minimum atomic E-state index is -0.131. The van der Waals surface area contributed by atoms with Crippen LogP contribution in [0.25, 0.3) is 38.8 Å². The summed E-state index contributed by atoms with van der Waals surface area (Å²) in [6, 6.07) is 9.89. The van der Waals surface area contributed by atoms with E-state index < -0.39 is 0 Å². The van der Waals surface area contributed by atoms with Gasteiger partial charge in [-0.25, -0.2) is 9.78 Å². The number of aromatic nitrogens is 6. The molecule has 4 aromatic heterocycles. The van der Waals surface area contributed by atoms with Crippen molar-refractivity contribution in [3.63, 3.8) is 0 Å². The van der Waals surface area contributed by atoms with Gasteiger partial charge >= 0.3 is 5.69 Å². The van der Waals surface area contributed by atoms with Crippen molar-refractivity contribution >= 4 is 21.9 Å². The van der Waals surface area contributed by atoms with Gasteiger partial charge in [-0.1, -0.05) is 6.07 Å². The molecule has 8 heteroatoms. The van der Waals surface area contributed by atoms with Crippen LogP contribution in [0, 0.1) is 6.92 Å². The minimum Gasteiger partial charge on any atom is -0.478 e. The Balaban J connectivity index is 1.79. The molecule has 156 valence electrons. The van der Waals surface area contributed by atoms with Gasteiger partial charge in [0.25, 0.3) is 0 Å². The largest absolute Gasteiger partial charge is 0.478 e. The molecule has 0 saturated carbocycles. The second kappa shape index (κ2) is 7.09. The van der Waals surface area contributed by atoms with Gasteiger partial charge in [0.1, 0.15) is 0 Å². The molecule has 0 aliphatic carbocycles. The molecule has 0 unspecified atom stereocenters. The normalized spacial score (nSPS) is 11.5. The number of pyridine rings is 2. The molecule has 0 N–H and O–H groups in total. The first-order chi connectivity index (χ1) is 15.0. The van der Waals surface area contributed by atoms with Crippen LogP contribution in [0.5, 0.6) is 5.88 Å². The lowest BCUT2D eigenvalue weighted by Crippen LogP contribution is -2.21. The first-order valence-corrected chi connectivity index (χ1v) is 10.1. The van der Waals surface area contributed by atoms with Gasteiger partial charge in [-0.2, -0.15) is 5.10 Å². The zero-order valence-corrected chi connectivity index (χ0v) is 17.8. The van der Waals surface area contributed by atoms with Gasteiger partial charge in [-0.3, -0.25) is 18.8 Å². The van der Waals surface area contributed by atoms with Crippen molar-refractivity contribution < 1.29 is 4.74 Å². The Morgan fingerprint density at radius 2 is 1.81 bits per heavy atom. The highest BCUT2D eigenvalue weighted by atomic mass is 16.5. The molecule has 8 nitrogen and oxygen atoms in total. The summed E-state index contributed by atoms with van der Waals surface area (Å²) in [5.74, 6) is 0.597. The second-order valence-electron chi connectivity index (χ2n) is 7.46. The number of imidazole rings is 1. The van der Waals surface area contributed by atoms with Gasteiger partial charge in [-0.15, -0.1) is 0 Å². The van der Waals surface area contributed by atoms with Crippen LogP contribution in [0.1, 0.15) is 12.6 Å². The van der Waals surface area contributed by atoms with Crippen LogP contribution >= 0.6 is 0 Å². The van der Waals surface area contributed by atoms with E-state index in [-0.39, 0.29) is 5.69 Å². The van der Waals surface area contributed by atoms with Crippen LogP contribution in [-0.2, 0) is 14.1 Å². The average Bonchev–Trinajstić information content (AvgIpc) is 3.24. The molecule has 0 amide bonds. The van der Waals surface area contributed by atoms with Gasteiger partial charge in [0.2, 0.25) is 5.88 Å². The van der Waals surface area contributed by atoms with E-state index >= 15 is 0 Å². The summed E-state index contributed by atoms with van der Waals surface area (Å²) >= 11 is 0. The van der Waals surface area contributed by atoms with Crippen LogP contribution in [0.15, 0.2) is 53.7 Å². The summed E-state index contributed by atoms with van der Waals surface area (Å²) < 4.78 is 10.6. The summed E-state index contributed by atoms with van der Waals surface area (Å²) in [5, 5.41) is 5.22. The van der Waals surface area contributed by atoms with E-state index in [2.05, 4.69) is 21.1 Å². The second-order valence-corrected chi connectivity index (χ2v) is 7.46. The van der Waals surface area contributed by atoms with Crippen molar-refractivity contribution in [3.05, 3.63) is 65.1 Å². The maximum Gasteiger partial charge on any atom is 0.333 e. The number of hydrogen-bond donors (Lipinski definition) is 0. The third-order valence-electron chi connectivity index (χ3n) is 5.70. The molecule has 0 saturated heterocycles. The molecule has 0 aliphatic rings. The summed E-state index contributed by atoms with van der Waals surface area (Å²) in [4.78, 5) is 22.2. The molecule has 0 spiro atoms. The van der Waals surface area contributed by atoms with Crippen molar-refractivity contribution in [2.75, 3.05) is 6.61 Å². The molecule has 0 atom stereocenters. The smallest absolute Gasteiger partial charge is 0.333 e. The lowest BCUT2D eigenvalue weighted by molar-refractivity contribution is 0.327. The Kier molecular flexibility index (Phi) is 4.35. The summed E-state index contributed by atoms with van der Waals surface area (Å²) in [5.41, 5.74) is 5.89. The minimum absolute atomic E-state index is 0.131.